The number of esters is 1. The van der Waals surface area contributed by atoms with E-state index >= 15 is 0 Å². The fourth-order valence-corrected chi connectivity index (χ4v) is 2.78. The molecule has 0 fully saturated rings. The molecule has 150 valence electrons. The van der Waals surface area contributed by atoms with Crippen molar-refractivity contribution in [3.63, 3.8) is 0 Å². The normalized spacial score (nSPS) is 12.3. The molecular formula is C18H34IN5O2. The number of carbonyl (C=O) groups excluding carboxylic acids is 1. The van der Waals surface area contributed by atoms with Crippen LogP contribution in [0, 0.1) is 13.8 Å². The number of carbonyl (C=O) groups is 1. The number of aryl methyl sites for hydroxylation is 2. The van der Waals surface area contributed by atoms with Crippen molar-refractivity contribution in [1.29, 1.82) is 0 Å². The highest BCUT2D eigenvalue weighted by molar-refractivity contribution is 14.0. The maximum absolute atomic E-state index is 11.0. The summed E-state index contributed by atoms with van der Waals surface area (Å²) in [6, 6.07) is 0.257. The van der Waals surface area contributed by atoms with E-state index in [-0.39, 0.29) is 36.0 Å². The predicted molar refractivity (Wildman–Crippen MR) is 116 cm³/mol. The van der Waals surface area contributed by atoms with E-state index in [9.17, 15) is 4.79 Å². The lowest BCUT2D eigenvalue weighted by molar-refractivity contribution is -0.140. The highest BCUT2D eigenvalue weighted by Crippen LogP contribution is 2.14. The molecule has 1 aromatic heterocycles. The summed E-state index contributed by atoms with van der Waals surface area (Å²) in [5, 5.41) is 11.2. The van der Waals surface area contributed by atoms with Gasteiger partial charge in [-0.2, -0.15) is 5.10 Å². The van der Waals surface area contributed by atoms with Crippen molar-refractivity contribution in [2.75, 3.05) is 20.7 Å². The maximum atomic E-state index is 11.0. The minimum absolute atomic E-state index is 0. The Bertz CT molecular complexity index is 586. The first-order valence-corrected chi connectivity index (χ1v) is 8.92. The highest BCUT2D eigenvalue weighted by Gasteiger charge is 2.13. The smallest absolute Gasteiger partial charge is 0.305 e. The Kier molecular flexibility index (Phi) is 12.3. The minimum Gasteiger partial charge on any atom is -0.469 e. The molecule has 0 aliphatic carbocycles. The molecule has 0 amide bonds. The van der Waals surface area contributed by atoms with Crippen LogP contribution in [0.3, 0.4) is 0 Å². The van der Waals surface area contributed by atoms with Crippen LogP contribution in [0.1, 0.15) is 49.6 Å². The van der Waals surface area contributed by atoms with Crippen molar-refractivity contribution < 1.29 is 9.53 Å². The molecule has 1 atom stereocenters. The Balaban J connectivity index is 0.00000625. The number of halogens is 1. The highest BCUT2D eigenvalue weighted by atomic mass is 127. The first-order chi connectivity index (χ1) is 11.9. The van der Waals surface area contributed by atoms with Gasteiger partial charge in [0.1, 0.15) is 0 Å². The minimum atomic E-state index is -0.139. The van der Waals surface area contributed by atoms with Crippen LogP contribution in [0.25, 0.3) is 0 Å². The summed E-state index contributed by atoms with van der Waals surface area (Å²) in [5.41, 5.74) is 3.59. The molecule has 0 aliphatic rings. The molecule has 0 radical (unpaired) electrons. The first-order valence-electron chi connectivity index (χ1n) is 8.92. The first kappa shape index (κ1) is 24.7. The predicted octanol–water partition coefficient (Wildman–Crippen LogP) is 2.48. The molecule has 0 aliphatic heterocycles. The molecule has 1 heterocycles. The lowest BCUT2D eigenvalue weighted by atomic mass is 10.1. The molecule has 8 heteroatoms. The summed E-state index contributed by atoms with van der Waals surface area (Å²) < 4.78 is 6.56. The number of ether oxygens (including phenoxy) is 1. The van der Waals surface area contributed by atoms with Crippen LogP contribution >= 0.6 is 24.0 Å². The average Bonchev–Trinajstić information content (AvgIpc) is 2.82. The number of nitrogens with one attached hydrogen (secondary N) is 2. The number of guanidine groups is 1. The zero-order valence-corrected chi connectivity index (χ0v) is 19.2. The fourth-order valence-electron chi connectivity index (χ4n) is 2.78. The Labute approximate surface area is 174 Å². The standard InChI is InChI=1S/C18H33N5O2.HI/c1-13(12-16-14(2)22-23(5)15(16)3)21-18(19-4)20-11-9-7-8-10-17(24)25-6;/h13H,7-12H2,1-6H3,(H2,19,20,21);1H. The number of unbranched alkanes of at least 4 members (excludes halogenated alkanes) is 2. The third-order valence-electron chi connectivity index (χ3n) is 4.35. The third-order valence-corrected chi connectivity index (χ3v) is 4.35. The Morgan fingerprint density at radius 2 is 2.00 bits per heavy atom. The fraction of sp³-hybridized carbons (Fsp3) is 0.722. The van der Waals surface area contributed by atoms with Crippen LogP contribution in [0.2, 0.25) is 0 Å². The van der Waals surface area contributed by atoms with E-state index in [4.69, 9.17) is 0 Å². The van der Waals surface area contributed by atoms with Gasteiger partial charge in [0.25, 0.3) is 0 Å². The summed E-state index contributed by atoms with van der Waals surface area (Å²) >= 11 is 0. The van der Waals surface area contributed by atoms with Crippen molar-refractivity contribution >= 4 is 35.9 Å². The van der Waals surface area contributed by atoms with Crippen LogP contribution in [-0.4, -0.2) is 48.5 Å². The molecular weight excluding hydrogens is 445 g/mol. The van der Waals surface area contributed by atoms with Gasteiger partial charge < -0.3 is 15.4 Å². The SMILES string of the molecule is CN=C(NCCCCCC(=O)OC)NC(C)Cc1c(C)nn(C)c1C.I. The van der Waals surface area contributed by atoms with Crippen molar-refractivity contribution in [3.8, 4) is 0 Å². The molecule has 1 aromatic rings. The lowest BCUT2D eigenvalue weighted by Crippen LogP contribution is -2.43. The van der Waals surface area contributed by atoms with Gasteiger partial charge in [-0.3, -0.25) is 14.5 Å². The van der Waals surface area contributed by atoms with E-state index in [2.05, 4.69) is 46.2 Å². The summed E-state index contributed by atoms with van der Waals surface area (Å²) in [4.78, 5) is 15.3. The molecule has 0 spiro atoms. The second-order valence-corrected chi connectivity index (χ2v) is 6.41. The van der Waals surface area contributed by atoms with Gasteiger partial charge in [0.05, 0.1) is 12.8 Å². The Morgan fingerprint density at radius 1 is 1.31 bits per heavy atom. The molecule has 26 heavy (non-hydrogen) atoms. The van der Waals surface area contributed by atoms with E-state index in [1.54, 1.807) is 7.05 Å². The quantitative estimate of drug-likeness (QED) is 0.187. The van der Waals surface area contributed by atoms with Gasteiger partial charge >= 0.3 is 5.97 Å². The van der Waals surface area contributed by atoms with E-state index < -0.39 is 0 Å². The van der Waals surface area contributed by atoms with Crippen molar-refractivity contribution in [2.45, 2.75) is 58.9 Å². The van der Waals surface area contributed by atoms with Crippen molar-refractivity contribution in [2.24, 2.45) is 12.0 Å². The number of aliphatic imine (C=N–C) groups is 1. The van der Waals surface area contributed by atoms with E-state index in [1.165, 1.54) is 18.4 Å². The molecule has 1 unspecified atom stereocenters. The molecule has 0 saturated carbocycles. The van der Waals surface area contributed by atoms with E-state index in [1.807, 2.05) is 11.7 Å². The summed E-state index contributed by atoms with van der Waals surface area (Å²) in [6.07, 6.45) is 4.24. The number of hydrogen-bond acceptors (Lipinski definition) is 4. The zero-order chi connectivity index (χ0) is 18.8. The molecule has 0 bridgehead atoms. The maximum Gasteiger partial charge on any atom is 0.305 e. The van der Waals surface area contributed by atoms with Crippen LogP contribution in [0.15, 0.2) is 4.99 Å². The monoisotopic (exact) mass is 479 g/mol. The largest absolute Gasteiger partial charge is 0.469 e. The second-order valence-electron chi connectivity index (χ2n) is 6.41. The van der Waals surface area contributed by atoms with E-state index in [0.29, 0.717) is 6.42 Å². The molecule has 7 nitrogen and oxygen atoms in total. The van der Waals surface area contributed by atoms with Gasteiger partial charge in [-0.15, -0.1) is 24.0 Å². The van der Waals surface area contributed by atoms with Gasteiger partial charge in [0.2, 0.25) is 0 Å². The topological polar surface area (TPSA) is 80.5 Å². The number of hydrogen-bond donors (Lipinski definition) is 2. The van der Waals surface area contributed by atoms with Gasteiger partial charge in [0, 0.05) is 38.8 Å². The van der Waals surface area contributed by atoms with Crippen molar-refractivity contribution in [3.05, 3.63) is 17.0 Å². The summed E-state index contributed by atoms with van der Waals surface area (Å²) in [7, 11) is 5.18. The lowest BCUT2D eigenvalue weighted by Gasteiger charge is -2.18. The van der Waals surface area contributed by atoms with Crippen LogP contribution < -0.4 is 10.6 Å². The summed E-state index contributed by atoms with van der Waals surface area (Å²) in [5.74, 6) is 0.667. The average molecular weight is 479 g/mol. The zero-order valence-electron chi connectivity index (χ0n) is 16.9. The third kappa shape index (κ3) is 8.37. The molecule has 1 rings (SSSR count). The van der Waals surface area contributed by atoms with Crippen molar-refractivity contribution in [1.82, 2.24) is 20.4 Å². The number of rotatable bonds is 9. The number of aromatic nitrogens is 2. The van der Waals surface area contributed by atoms with Gasteiger partial charge in [-0.1, -0.05) is 6.42 Å². The van der Waals surface area contributed by atoms with Crippen LogP contribution in [0.4, 0.5) is 0 Å². The van der Waals surface area contributed by atoms with Gasteiger partial charge in [-0.05, 0) is 45.6 Å². The van der Waals surface area contributed by atoms with Crippen LogP contribution in [-0.2, 0) is 23.0 Å². The van der Waals surface area contributed by atoms with E-state index in [0.717, 1.165) is 43.9 Å². The number of nitrogens with zero attached hydrogens (tertiary/aromatic N) is 3. The molecule has 0 aromatic carbocycles. The summed E-state index contributed by atoms with van der Waals surface area (Å²) in [6.45, 7) is 7.13. The second kappa shape index (κ2) is 12.9. The number of methoxy groups -OCH3 is 1. The van der Waals surface area contributed by atoms with Gasteiger partial charge in [-0.25, -0.2) is 0 Å². The molecule has 2 N–H and O–H groups in total. The van der Waals surface area contributed by atoms with Crippen LogP contribution in [0.5, 0.6) is 0 Å². The Morgan fingerprint density at radius 3 is 2.54 bits per heavy atom. The molecule has 0 saturated heterocycles. The van der Waals surface area contributed by atoms with Gasteiger partial charge in [0.15, 0.2) is 5.96 Å². The Hall–Kier alpha value is -1.32.